The zero-order valence-corrected chi connectivity index (χ0v) is 9.11. The maximum Gasteiger partial charge on any atom is 0.0700 e. The summed E-state index contributed by atoms with van der Waals surface area (Å²) >= 11 is 0. The lowest BCUT2D eigenvalue weighted by Gasteiger charge is -2.34. The lowest BCUT2D eigenvalue weighted by atomic mass is 10.1. The molecule has 2 N–H and O–H groups in total. The van der Waals surface area contributed by atoms with E-state index in [-0.39, 0.29) is 0 Å². The van der Waals surface area contributed by atoms with Crippen LogP contribution in [0.15, 0.2) is 0 Å². The van der Waals surface area contributed by atoms with E-state index in [9.17, 15) is 0 Å². The molecule has 0 bridgehead atoms. The van der Waals surface area contributed by atoms with Crippen LogP contribution in [0.5, 0.6) is 0 Å². The van der Waals surface area contributed by atoms with Crippen molar-refractivity contribution in [2.75, 3.05) is 26.2 Å². The molecule has 2 atom stereocenters. The van der Waals surface area contributed by atoms with Gasteiger partial charge in [-0.2, -0.15) is 0 Å². The summed E-state index contributed by atoms with van der Waals surface area (Å²) in [5, 5.41) is 0. The van der Waals surface area contributed by atoms with Crippen molar-refractivity contribution in [1.29, 1.82) is 0 Å². The Morgan fingerprint density at radius 1 is 1.50 bits per heavy atom. The first-order valence-electron chi connectivity index (χ1n) is 5.89. The summed E-state index contributed by atoms with van der Waals surface area (Å²) in [6.45, 7) is 6.29. The smallest absolute Gasteiger partial charge is 0.0700 e. The molecule has 0 aromatic heterocycles. The number of hydrogen-bond acceptors (Lipinski definition) is 3. The van der Waals surface area contributed by atoms with Crippen LogP contribution in [0.1, 0.15) is 26.2 Å². The van der Waals surface area contributed by atoms with Gasteiger partial charge < -0.3 is 10.5 Å². The van der Waals surface area contributed by atoms with Gasteiger partial charge in [0.1, 0.15) is 0 Å². The minimum absolute atomic E-state index is 0.408. The molecule has 1 aliphatic carbocycles. The van der Waals surface area contributed by atoms with Crippen LogP contribution in [0.2, 0.25) is 0 Å². The molecule has 0 aromatic carbocycles. The van der Waals surface area contributed by atoms with E-state index in [1.54, 1.807) is 0 Å². The lowest BCUT2D eigenvalue weighted by Crippen LogP contribution is -2.47. The van der Waals surface area contributed by atoms with Crippen LogP contribution >= 0.6 is 0 Å². The summed E-state index contributed by atoms with van der Waals surface area (Å²) in [6, 6.07) is 0.408. The largest absolute Gasteiger partial charge is 0.376 e. The molecular weight excluding hydrogens is 176 g/mol. The maximum atomic E-state index is 6.11. The first-order valence-corrected chi connectivity index (χ1v) is 5.89. The van der Waals surface area contributed by atoms with Crippen LogP contribution in [0.4, 0.5) is 0 Å². The van der Waals surface area contributed by atoms with E-state index in [1.165, 1.54) is 12.8 Å². The predicted molar refractivity (Wildman–Crippen MR) is 57.2 cm³/mol. The third-order valence-corrected chi connectivity index (χ3v) is 3.37. The van der Waals surface area contributed by atoms with Gasteiger partial charge in [0.05, 0.1) is 12.7 Å². The van der Waals surface area contributed by atoms with E-state index in [0.717, 1.165) is 38.6 Å². The fourth-order valence-electron chi connectivity index (χ4n) is 2.16. The van der Waals surface area contributed by atoms with Crippen molar-refractivity contribution < 1.29 is 4.74 Å². The highest BCUT2D eigenvalue weighted by atomic mass is 16.5. The SMILES string of the molecule is CCC1CN(CC(N)C2CC2)CCO1. The average Bonchev–Trinajstić information content (AvgIpc) is 3.01. The molecular formula is C11H22N2O. The number of morpholine rings is 1. The van der Waals surface area contributed by atoms with Crippen molar-refractivity contribution in [3.63, 3.8) is 0 Å². The molecule has 1 heterocycles. The van der Waals surface area contributed by atoms with Crippen molar-refractivity contribution >= 4 is 0 Å². The molecule has 2 aliphatic rings. The van der Waals surface area contributed by atoms with Crippen molar-refractivity contribution in [3.05, 3.63) is 0 Å². The first-order chi connectivity index (χ1) is 6.79. The van der Waals surface area contributed by atoms with Crippen LogP contribution in [-0.4, -0.2) is 43.3 Å². The van der Waals surface area contributed by atoms with Gasteiger partial charge in [-0.1, -0.05) is 6.92 Å². The van der Waals surface area contributed by atoms with Gasteiger partial charge in [-0.25, -0.2) is 0 Å². The number of rotatable bonds is 4. The average molecular weight is 198 g/mol. The molecule has 1 saturated heterocycles. The highest BCUT2D eigenvalue weighted by Crippen LogP contribution is 2.31. The summed E-state index contributed by atoms with van der Waals surface area (Å²) in [5.74, 6) is 0.818. The molecule has 2 fully saturated rings. The third-order valence-electron chi connectivity index (χ3n) is 3.37. The van der Waals surface area contributed by atoms with Gasteiger partial charge in [-0.05, 0) is 25.2 Å². The molecule has 3 nitrogen and oxygen atoms in total. The Balaban J connectivity index is 1.73. The van der Waals surface area contributed by atoms with E-state index in [2.05, 4.69) is 11.8 Å². The van der Waals surface area contributed by atoms with Crippen LogP contribution in [-0.2, 0) is 4.74 Å². The van der Waals surface area contributed by atoms with Gasteiger partial charge in [0.2, 0.25) is 0 Å². The third kappa shape index (κ3) is 2.69. The van der Waals surface area contributed by atoms with Gasteiger partial charge in [0, 0.05) is 25.7 Å². The maximum absolute atomic E-state index is 6.11. The molecule has 0 radical (unpaired) electrons. The molecule has 2 rings (SSSR count). The van der Waals surface area contributed by atoms with E-state index in [4.69, 9.17) is 10.5 Å². The molecule has 0 spiro atoms. The van der Waals surface area contributed by atoms with Gasteiger partial charge in [-0.15, -0.1) is 0 Å². The standard InChI is InChI=1S/C11H22N2O/c1-2-10-7-13(5-6-14-10)8-11(12)9-3-4-9/h9-11H,2-8,12H2,1H3. The predicted octanol–water partition coefficient (Wildman–Crippen LogP) is 0.834. The van der Waals surface area contributed by atoms with E-state index < -0.39 is 0 Å². The molecule has 3 heteroatoms. The summed E-state index contributed by atoms with van der Waals surface area (Å²) in [5.41, 5.74) is 6.11. The van der Waals surface area contributed by atoms with Gasteiger partial charge >= 0.3 is 0 Å². The summed E-state index contributed by atoms with van der Waals surface area (Å²) in [6.07, 6.45) is 4.26. The van der Waals surface area contributed by atoms with E-state index in [0.29, 0.717) is 12.1 Å². The highest BCUT2D eigenvalue weighted by molar-refractivity contribution is 4.87. The van der Waals surface area contributed by atoms with Crippen LogP contribution in [0.25, 0.3) is 0 Å². The summed E-state index contributed by atoms with van der Waals surface area (Å²) in [4.78, 5) is 2.47. The zero-order valence-electron chi connectivity index (χ0n) is 9.11. The van der Waals surface area contributed by atoms with Crippen molar-refractivity contribution in [1.82, 2.24) is 4.90 Å². The van der Waals surface area contributed by atoms with Crippen LogP contribution in [0.3, 0.4) is 0 Å². The van der Waals surface area contributed by atoms with E-state index in [1.807, 2.05) is 0 Å². The Kier molecular flexibility index (Phi) is 3.42. The Hall–Kier alpha value is -0.120. The van der Waals surface area contributed by atoms with Gasteiger partial charge in [0.25, 0.3) is 0 Å². The number of nitrogens with zero attached hydrogens (tertiary/aromatic N) is 1. The second-order valence-electron chi connectivity index (χ2n) is 4.66. The molecule has 2 unspecified atom stereocenters. The fraction of sp³-hybridized carbons (Fsp3) is 1.00. The monoisotopic (exact) mass is 198 g/mol. The molecule has 82 valence electrons. The summed E-state index contributed by atoms with van der Waals surface area (Å²) in [7, 11) is 0. The number of ether oxygens (including phenoxy) is 1. The number of nitrogens with two attached hydrogens (primary N) is 1. The second-order valence-corrected chi connectivity index (χ2v) is 4.66. The van der Waals surface area contributed by atoms with Crippen LogP contribution in [0, 0.1) is 5.92 Å². The lowest BCUT2D eigenvalue weighted by molar-refractivity contribution is -0.0316. The Morgan fingerprint density at radius 3 is 2.93 bits per heavy atom. The fourth-order valence-corrected chi connectivity index (χ4v) is 2.16. The quantitative estimate of drug-likeness (QED) is 0.727. The molecule has 14 heavy (non-hydrogen) atoms. The highest BCUT2D eigenvalue weighted by Gasteiger charge is 2.30. The molecule has 1 aliphatic heterocycles. The molecule has 0 amide bonds. The Morgan fingerprint density at radius 2 is 2.29 bits per heavy atom. The summed E-state index contributed by atoms with van der Waals surface area (Å²) < 4.78 is 5.63. The zero-order chi connectivity index (χ0) is 9.97. The first kappa shape index (κ1) is 10.4. The minimum Gasteiger partial charge on any atom is -0.376 e. The number of hydrogen-bond donors (Lipinski definition) is 1. The van der Waals surface area contributed by atoms with Crippen molar-refractivity contribution in [2.24, 2.45) is 11.7 Å². The minimum atomic E-state index is 0.408. The van der Waals surface area contributed by atoms with Crippen LogP contribution < -0.4 is 5.73 Å². The normalized spacial score (nSPS) is 31.7. The van der Waals surface area contributed by atoms with Crippen molar-refractivity contribution in [3.8, 4) is 0 Å². The second kappa shape index (κ2) is 4.60. The van der Waals surface area contributed by atoms with Gasteiger partial charge in [0.15, 0.2) is 0 Å². The topological polar surface area (TPSA) is 38.5 Å². The Bertz CT molecular complexity index is 182. The van der Waals surface area contributed by atoms with Gasteiger partial charge in [-0.3, -0.25) is 4.90 Å². The Labute approximate surface area is 86.6 Å². The molecule has 0 aromatic rings. The molecule has 1 saturated carbocycles. The van der Waals surface area contributed by atoms with Crippen molar-refractivity contribution in [2.45, 2.75) is 38.3 Å². The van der Waals surface area contributed by atoms with E-state index >= 15 is 0 Å².